The van der Waals surface area contributed by atoms with E-state index in [4.69, 9.17) is 10.5 Å². The third kappa shape index (κ3) is 3.92. The van der Waals surface area contributed by atoms with Crippen LogP contribution in [-0.4, -0.2) is 24.9 Å². The van der Waals surface area contributed by atoms with Gasteiger partial charge in [-0.2, -0.15) is 0 Å². The van der Waals surface area contributed by atoms with Crippen LogP contribution >= 0.6 is 0 Å². The maximum Gasteiger partial charge on any atom is 0.0998 e. The molecule has 3 nitrogen and oxygen atoms in total. The van der Waals surface area contributed by atoms with E-state index < -0.39 is 0 Å². The maximum absolute atomic E-state index is 5.65. The summed E-state index contributed by atoms with van der Waals surface area (Å²) in [4.78, 5) is 4.42. The number of rotatable bonds is 5. The lowest BCUT2D eigenvalue weighted by Crippen LogP contribution is -2.12. The van der Waals surface area contributed by atoms with Gasteiger partial charge in [0.2, 0.25) is 0 Å². The van der Waals surface area contributed by atoms with Crippen LogP contribution in [0.3, 0.4) is 0 Å². The minimum atomic E-state index is 0.365. The molecular formula is C11H20N2O. The lowest BCUT2D eigenvalue weighted by Gasteiger charge is -2.17. The molecule has 1 aliphatic rings. The van der Waals surface area contributed by atoms with Gasteiger partial charge in [-0.3, -0.25) is 4.99 Å². The third-order valence-corrected chi connectivity index (χ3v) is 2.18. The molecule has 1 unspecified atom stereocenters. The van der Waals surface area contributed by atoms with E-state index in [0.717, 1.165) is 43.9 Å². The van der Waals surface area contributed by atoms with Crippen LogP contribution in [0.25, 0.3) is 0 Å². The molecule has 14 heavy (non-hydrogen) atoms. The first kappa shape index (κ1) is 11.2. The van der Waals surface area contributed by atoms with Crippen LogP contribution in [-0.2, 0) is 4.74 Å². The minimum Gasteiger partial charge on any atom is -0.498 e. The molecule has 0 aromatic heterocycles. The molecule has 0 spiro atoms. The molecule has 0 aromatic rings. The van der Waals surface area contributed by atoms with Gasteiger partial charge in [-0.1, -0.05) is 0 Å². The number of hydrogen-bond acceptors (Lipinski definition) is 3. The minimum absolute atomic E-state index is 0.365. The van der Waals surface area contributed by atoms with Gasteiger partial charge in [0, 0.05) is 12.1 Å². The molecule has 1 rings (SSSR count). The summed E-state index contributed by atoms with van der Waals surface area (Å²) >= 11 is 0. The molecule has 1 aliphatic heterocycles. The molecule has 3 heteroatoms. The molecule has 0 aliphatic carbocycles. The van der Waals surface area contributed by atoms with E-state index in [0.29, 0.717) is 6.04 Å². The van der Waals surface area contributed by atoms with E-state index in [2.05, 4.69) is 11.9 Å². The topological polar surface area (TPSA) is 47.6 Å². The number of ether oxygens (including phenoxy) is 1. The van der Waals surface area contributed by atoms with Gasteiger partial charge in [-0.05, 0) is 39.3 Å². The molecule has 1 atom stereocenters. The van der Waals surface area contributed by atoms with Crippen molar-refractivity contribution in [2.24, 2.45) is 10.7 Å². The predicted octanol–water partition coefficient (Wildman–Crippen LogP) is 1.88. The Labute approximate surface area is 86.0 Å². The van der Waals surface area contributed by atoms with E-state index in [9.17, 15) is 0 Å². The highest BCUT2D eigenvalue weighted by molar-refractivity contribution is 5.93. The van der Waals surface area contributed by atoms with Gasteiger partial charge in [0.1, 0.15) is 0 Å². The highest BCUT2D eigenvalue weighted by Crippen LogP contribution is 2.15. The molecule has 0 saturated carbocycles. The third-order valence-electron chi connectivity index (χ3n) is 2.18. The molecule has 2 N–H and O–H groups in total. The van der Waals surface area contributed by atoms with E-state index in [1.165, 1.54) is 0 Å². The Morgan fingerprint density at radius 2 is 2.36 bits per heavy atom. The van der Waals surface area contributed by atoms with Crippen LogP contribution < -0.4 is 5.73 Å². The molecule has 0 bridgehead atoms. The smallest absolute Gasteiger partial charge is 0.0998 e. The zero-order chi connectivity index (χ0) is 10.4. The molecule has 0 radical (unpaired) electrons. The fraction of sp³-hybridized carbons (Fsp3) is 0.727. The summed E-state index contributed by atoms with van der Waals surface area (Å²) in [6.45, 7) is 5.65. The van der Waals surface area contributed by atoms with Crippen LogP contribution in [0.2, 0.25) is 0 Å². The van der Waals surface area contributed by atoms with Crippen molar-refractivity contribution in [3.63, 3.8) is 0 Å². The standard InChI is InChI=1S/C11H20N2O/c1-9-7-11(8-10(2)13-9)14-6-4-3-5-12/h7,10H,3-6,8,12H2,1-2H3. The fourth-order valence-electron chi connectivity index (χ4n) is 1.56. The summed E-state index contributed by atoms with van der Waals surface area (Å²) in [7, 11) is 0. The van der Waals surface area contributed by atoms with Crippen molar-refractivity contribution in [2.45, 2.75) is 39.2 Å². The Hall–Kier alpha value is -0.830. The summed E-state index contributed by atoms with van der Waals surface area (Å²) in [5.41, 5.74) is 6.47. The quantitative estimate of drug-likeness (QED) is 0.682. The van der Waals surface area contributed by atoms with Gasteiger partial charge in [0.05, 0.1) is 18.4 Å². The summed E-state index contributed by atoms with van der Waals surface area (Å²) in [6.07, 6.45) is 5.04. The van der Waals surface area contributed by atoms with Crippen molar-refractivity contribution >= 4 is 5.71 Å². The van der Waals surface area contributed by atoms with Crippen molar-refractivity contribution in [2.75, 3.05) is 13.2 Å². The van der Waals surface area contributed by atoms with Crippen LogP contribution in [0.4, 0.5) is 0 Å². The first-order valence-electron chi connectivity index (χ1n) is 5.30. The number of aliphatic imine (C=N–C) groups is 1. The van der Waals surface area contributed by atoms with E-state index >= 15 is 0 Å². The molecular weight excluding hydrogens is 176 g/mol. The zero-order valence-electron chi connectivity index (χ0n) is 9.12. The highest BCUT2D eigenvalue weighted by Gasteiger charge is 2.11. The lowest BCUT2D eigenvalue weighted by molar-refractivity contribution is 0.193. The van der Waals surface area contributed by atoms with Gasteiger partial charge in [-0.15, -0.1) is 0 Å². The van der Waals surface area contributed by atoms with E-state index in [1.54, 1.807) is 0 Å². The van der Waals surface area contributed by atoms with Gasteiger partial charge in [0.25, 0.3) is 0 Å². The van der Waals surface area contributed by atoms with Crippen molar-refractivity contribution in [1.29, 1.82) is 0 Å². The van der Waals surface area contributed by atoms with Crippen LogP contribution in [0.15, 0.2) is 16.8 Å². The second-order valence-electron chi connectivity index (χ2n) is 3.78. The molecule has 0 saturated heterocycles. The summed E-state index contributed by atoms with van der Waals surface area (Å²) in [6, 6.07) is 0.365. The Bertz CT molecular complexity index is 233. The van der Waals surface area contributed by atoms with Gasteiger partial charge in [0.15, 0.2) is 0 Å². The number of nitrogens with zero attached hydrogens (tertiary/aromatic N) is 1. The van der Waals surface area contributed by atoms with Gasteiger partial charge < -0.3 is 10.5 Å². The summed E-state index contributed by atoms with van der Waals surface area (Å²) in [5.74, 6) is 1.07. The first-order valence-corrected chi connectivity index (χ1v) is 5.30. The Kier molecular flexibility index (Phi) is 4.66. The lowest BCUT2D eigenvalue weighted by atomic mass is 10.1. The summed E-state index contributed by atoms with van der Waals surface area (Å²) < 4.78 is 5.65. The zero-order valence-corrected chi connectivity index (χ0v) is 9.12. The van der Waals surface area contributed by atoms with Crippen LogP contribution in [0, 0.1) is 0 Å². The number of unbranched alkanes of at least 4 members (excludes halogenated alkanes) is 1. The first-order chi connectivity index (χ1) is 6.72. The predicted molar refractivity (Wildman–Crippen MR) is 59.5 cm³/mol. The Morgan fingerprint density at radius 1 is 1.57 bits per heavy atom. The van der Waals surface area contributed by atoms with Crippen molar-refractivity contribution < 1.29 is 4.74 Å². The molecule has 80 valence electrons. The van der Waals surface area contributed by atoms with E-state index in [-0.39, 0.29) is 0 Å². The fourth-order valence-corrected chi connectivity index (χ4v) is 1.56. The molecule has 1 heterocycles. The number of nitrogens with two attached hydrogens (primary N) is 1. The second-order valence-corrected chi connectivity index (χ2v) is 3.78. The van der Waals surface area contributed by atoms with Crippen LogP contribution in [0.5, 0.6) is 0 Å². The second kappa shape index (κ2) is 5.81. The number of dihydropyridines is 1. The van der Waals surface area contributed by atoms with Crippen molar-refractivity contribution in [3.05, 3.63) is 11.8 Å². The van der Waals surface area contributed by atoms with Crippen molar-refractivity contribution in [1.82, 2.24) is 0 Å². The van der Waals surface area contributed by atoms with Gasteiger partial charge >= 0.3 is 0 Å². The van der Waals surface area contributed by atoms with Crippen LogP contribution in [0.1, 0.15) is 33.1 Å². The molecule has 0 aromatic carbocycles. The number of hydrogen-bond donors (Lipinski definition) is 1. The number of allylic oxidation sites excluding steroid dienone is 1. The van der Waals surface area contributed by atoms with E-state index in [1.807, 2.05) is 13.0 Å². The maximum atomic E-state index is 5.65. The Balaban J connectivity index is 2.27. The average Bonchev–Trinajstić information content (AvgIpc) is 2.11. The largest absolute Gasteiger partial charge is 0.498 e. The molecule has 0 amide bonds. The summed E-state index contributed by atoms with van der Waals surface area (Å²) in [5, 5.41) is 0. The SMILES string of the molecule is CC1=NC(C)CC(OCCCCN)=C1. The average molecular weight is 196 g/mol. The molecule has 0 fully saturated rings. The monoisotopic (exact) mass is 196 g/mol. The Morgan fingerprint density at radius 3 is 3.00 bits per heavy atom. The van der Waals surface area contributed by atoms with Gasteiger partial charge in [-0.25, -0.2) is 0 Å². The normalized spacial score (nSPS) is 21.5. The highest BCUT2D eigenvalue weighted by atomic mass is 16.5. The van der Waals surface area contributed by atoms with Crippen molar-refractivity contribution in [3.8, 4) is 0 Å².